The van der Waals surface area contributed by atoms with E-state index in [1.165, 1.54) is 12.6 Å². The van der Waals surface area contributed by atoms with Gasteiger partial charge in [-0.25, -0.2) is 8.42 Å². The summed E-state index contributed by atoms with van der Waals surface area (Å²) in [5.41, 5.74) is 0.582. The average Bonchev–Trinajstić information content (AvgIpc) is 3.16. The first-order chi connectivity index (χ1) is 9.53. The smallest absolute Gasteiger partial charge is 0.239 e. The topological polar surface area (TPSA) is 76.1 Å². The molecule has 2 aliphatic carbocycles. The fraction of sp³-hybridized carbons (Fsp3) is 0.571. The molecule has 108 valence electrons. The minimum atomic E-state index is -3.63. The number of aromatic nitrogens is 1. The summed E-state index contributed by atoms with van der Waals surface area (Å²) in [6.07, 6.45) is 7.02. The highest BCUT2D eigenvalue weighted by molar-refractivity contribution is 7.89. The van der Waals surface area contributed by atoms with E-state index >= 15 is 0 Å². The van der Waals surface area contributed by atoms with Gasteiger partial charge in [0.1, 0.15) is 0 Å². The Morgan fingerprint density at radius 3 is 2.85 bits per heavy atom. The number of sulfonamides is 1. The van der Waals surface area contributed by atoms with Gasteiger partial charge in [-0.3, -0.25) is 14.5 Å². The van der Waals surface area contributed by atoms with E-state index < -0.39 is 10.0 Å². The molecule has 6 heteroatoms. The van der Waals surface area contributed by atoms with E-state index in [2.05, 4.69) is 9.71 Å². The number of hydrogen-bond acceptors (Lipinski definition) is 4. The van der Waals surface area contributed by atoms with Gasteiger partial charge < -0.3 is 0 Å². The van der Waals surface area contributed by atoms with Crippen LogP contribution in [-0.2, 0) is 20.6 Å². The van der Waals surface area contributed by atoms with Crippen molar-refractivity contribution in [3.63, 3.8) is 0 Å². The largest absolute Gasteiger partial charge is 0.274 e. The number of carbonyl (C=O) groups excluding carboxylic acids is 1. The zero-order valence-electron chi connectivity index (χ0n) is 11.2. The lowest BCUT2D eigenvalue weighted by molar-refractivity contribution is -0.124. The fourth-order valence-electron chi connectivity index (χ4n) is 3.06. The lowest BCUT2D eigenvalue weighted by Gasteiger charge is -2.20. The van der Waals surface area contributed by atoms with Crippen LogP contribution in [-0.4, -0.2) is 19.3 Å². The van der Waals surface area contributed by atoms with Crippen LogP contribution in [0.2, 0.25) is 0 Å². The van der Waals surface area contributed by atoms with Crippen molar-refractivity contribution < 1.29 is 13.2 Å². The molecule has 1 N–H and O–H groups in total. The molecule has 0 bridgehead atoms. The van der Waals surface area contributed by atoms with Crippen LogP contribution in [0.5, 0.6) is 0 Å². The zero-order valence-corrected chi connectivity index (χ0v) is 12.0. The molecule has 2 fully saturated rings. The number of carbonyl (C=O) groups is 1. The molecule has 20 heavy (non-hydrogen) atoms. The van der Waals surface area contributed by atoms with Crippen LogP contribution in [0.1, 0.15) is 31.2 Å². The summed E-state index contributed by atoms with van der Waals surface area (Å²) in [7, 11) is -3.63. The van der Waals surface area contributed by atoms with E-state index in [0.29, 0.717) is 11.5 Å². The Balaban J connectivity index is 1.59. The second-order valence-corrected chi connectivity index (χ2v) is 7.57. The second kappa shape index (κ2) is 5.16. The van der Waals surface area contributed by atoms with Crippen molar-refractivity contribution in [3.8, 4) is 0 Å². The van der Waals surface area contributed by atoms with Gasteiger partial charge in [0, 0.05) is 18.3 Å². The zero-order chi connectivity index (χ0) is 14.2. The minimum Gasteiger partial charge on any atom is -0.274 e. The molecule has 0 aliphatic heterocycles. The molecule has 0 spiro atoms. The first kappa shape index (κ1) is 13.5. The SMILES string of the molecule is O=C(NS(=O)(=O)Cc1cccnc1)C1CCC2CC2C1. The number of nitrogens with one attached hydrogen (secondary N) is 1. The minimum absolute atomic E-state index is 0.137. The van der Waals surface area contributed by atoms with E-state index in [0.717, 1.165) is 25.2 Å². The van der Waals surface area contributed by atoms with Crippen molar-refractivity contribution in [1.29, 1.82) is 0 Å². The van der Waals surface area contributed by atoms with Gasteiger partial charge in [0.25, 0.3) is 0 Å². The molecular weight excluding hydrogens is 276 g/mol. The monoisotopic (exact) mass is 294 g/mol. The number of hydrogen-bond donors (Lipinski definition) is 1. The van der Waals surface area contributed by atoms with Crippen molar-refractivity contribution in [1.82, 2.24) is 9.71 Å². The molecular formula is C14H18N2O3S. The summed E-state index contributed by atoms with van der Waals surface area (Å²) in [6.45, 7) is 0. The molecule has 5 nitrogen and oxygen atoms in total. The van der Waals surface area contributed by atoms with Crippen LogP contribution >= 0.6 is 0 Å². The number of pyridine rings is 1. The van der Waals surface area contributed by atoms with Crippen molar-refractivity contribution in [2.24, 2.45) is 17.8 Å². The highest BCUT2D eigenvalue weighted by Crippen LogP contribution is 2.51. The maximum atomic E-state index is 12.1. The van der Waals surface area contributed by atoms with E-state index in [4.69, 9.17) is 0 Å². The third-order valence-corrected chi connectivity index (χ3v) is 5.47. The average molecular weight is 294 g/mol. The number of nitrogens with zero attached hydrogens (tertiary/aromatic N) is 1. The van der Waals surface area contributed by atoms with Crippen LogP contribution < -0.4 is 4.72 Å². The Labute approximate surface area is 118 Å². The van der Waals surface area contributed by atoms with Crippen molar-refractivity contribution in [3.05, 3.63) is 30.1 Å². The van der Waals surface area contributed by atoms with E-state index in [1.807, 2.05) is 0 Å². The highest BCUT2D eigenvalue weighted by Gasteiger charge is 2.44. The molecule has 2 aliphatic rings. The Morgan fingerprint density at radius 1 is 1.30 bits per heavy atom. The van der Waals surface area contributed by atoms with E-state index in [1.54, 1.807) is 18.3 Å². The van der Waals surface area contributed by atoms with Gasteiger partial charge >= 0.3 is 0 Å². The molecule has 3 unspecified atom stereocenters. The summed E-state index contributed by atoms with van der Waals surface area (Å²) in [5, 5.41) is 0. The second-order valence-electron chi connectivity index (χ2n) is 5.85. The van der Waals surface area contributed by atoms with Crippen LogP contribution in [0.25, 0.3) is 0 Å². The van der Waals surface area contributed by atoms with Crippen molar-refractivity contribution in [2.75, 3.05) is 0 Å². The molecule has 0 radical (unpaired) electrons. The first-order valence-electron chi connectivity index (χ1n) is 6.97. The Bertz CT molecular complexity index is 600. The summed E-state index contributed by atoms with van der Waals surface area (Å²) in [5.74, 6) is 0.777. The Morgan fingerprint density at radius 2 is 2.15 bits per heavy atom. The van der Waals surface area contributed by atoms with Gasteiger partial charge in [-0.2, -0.15) is 0 Å². The predicted octanol–water partition coefficient (Wildman–Crippen LogP) is 1.46. The van der Waals surface area contributed by atoms with Crippen molar-refractivity contribution in [2.45, 2.75) is 31.4 Å². The predicted molar refractivity (Wildman–Crippen MR) is 73.9 cm³/mol. The summed E-state index contributed by atoms with van der Waals surface area (Å²) < 4.78 is 26.2. The lowest BCUT2D eigenvalue weighted by Crippen LogP contribution is -2.37. The number of rotatable bonds is 4. The molecule has 1 heterocycles. The Hall–Kier alpha value is -1.43. The van der Waals surface area contributed by atoms with E-state index in [9.17, 15) is 13.2 Å². The molecule has 2 saturated carbocycles. The highest BCUT2D eigenvalue weighted by atomic mass is 32.2. The molecule has 0 saturated heterocycles. The van der Waals surface area contributed by atoms with Gasteiger partial charge in [-0.05, 0) is 49.1 Å². The fourth-order valence-corrected chi connectivity index (χ4v) is 4.22. The first-order valence-corrected chi connectivity index (χ1v) is 8.62. The summed E-state index contributed by atoms with van der Waals surface area (Å²) >= 11 is 0. The van der Waals surface area contributed by atoms with Crippen LogP contribution in [0.3, 0.4) is 0 Å². The van der Waals surface area contributed by atoms with Crippen LogP contribution in [0.15, 0.2) is 24.5 Å². The normalized spacial score (nSPS) is 28.5. The summed E-state index contributed by atoms with van der Waals surface area (Å²) in [6, 6.07) is 3.37. The number of amides is 1. The molecule has 3 atom stereocenters. The van der Waals surface area contributed by atoms with Gasteiger partial charge in [0.2, 0.25) is 15.9 Å². The molecule has 1 amide bonds. The quantitative estimate of drug-likeness (QED) is 0.912. The third-order valence-electron chi connectivity index (χ3n) is 4.25. The number of fused-ring (bicyclic) bond motifs is 1. The summed E-state index contributed by atoms with van der Waals surface area (Å²) in [4.78, 5) is 15.9. The maximum Gasteiger partial charge on any atom is 0.239 e. The molecule has 3 rings (SSSR count). The van der Waals surface area contributed by atoms with Gasteiger partial charge in [0.05, 0.1) is 5.75 Å². The van der Waals surface area contributed by atoms with Gasteiger partial charge in [-0.15, -0.1) is 0 Å². The maximum absolute atomic E-state index is 12.1. The van der Waals surface area contributed by atoms with Gasteiger partial charge in [-0.1, -0.05) is 6.07 Å². The third kappa shape index (κ3) is 3.17. The van der Waals surface area contributed by atoms with Gasteiger partial charge in [0.15, 0.2) is 0 Å². The van der Waals surface area contributed by atoms with Crippen molar-refractivity contribution >= 4 is 15.9 Å². The standard InChI is InChI=1S/C14H18N2O3S/c17-14(12-4-3-11-6-13(11)7-12)16-20(18,19)9-10-2-1-5-15-8-10/h1-2,5,8,11-13H,3-4,6-7,9H2,(H,16,17). The van der Waals surface area contributed by atoms with E-state index in [-0.39, 0.29) is 17.6 Å². The Kier molecular flexibility index (Phi) is 3.50. The molecule has 0 aromatic carbocycles. The molecule has 1 aromatic heterocycles. The van der Waals surface area contributed by atoms with Crippen LogP contribution in [0.4, 0.5) is 0 Å². The van der Waals surface area contributed by atoms with Crippen LogP contribution in [0, 0.1) is 17.8 Å². The molecule has 1 aromatic rings. The lowest BCUT2D eigenvalue weighted by atomic mass is 9.89.